The average Bonchev–Trinajstić information content (AvgIpc) is 2.42. The predicted octanol–water partition coefficient (Wildman–Crippen LogP) is 3.07. The Morgan fingerprint density at radius 2 is 1.89 bits per heavy atom. The lowest BCUT2D eigenvalue weighted by Crippen LogP contribution is -2.41. The van der Waals surface area contributed by atoms with E-state index in [1.165, 1.54) is 5.56 Å². The van der Waals surface area contributed by atoms with E-state index in [-0.39, 0.29) is 11.3 Å². The van der Waals surface area contributed by atoms with E-state index in [0.29, 0.717) is 13.1 Å². The number of nitriles is 1. The molecule has 3 nitrogen and oxygen atoms in total. The van der Waals surface area contributed by atoms with Crippen molar-refractivity contribution in [2.75, 3.05) is 13.1 Å². The van der Waals surface area contributed by atoms with Gasteiger partial charge in [-0.2, -0.15) is 5.26 Å². The predicted molar refractivity (Wildman–Crippen MR) is 74.8 cm³/mol. The number of rotatable bonds is 1. The van der Waals surface area contributed by atoms with Gasteiger partial charge < -0.3 is 4.90 Å². The number of benzene rings is 1. The van der Waals surface area contributed by atoms with Gasteiger partial charge >= 0.3 is 0 Å². The van der Waals surface area contributed by atoms with Crippen molar-refractivity contribution >= 4 is 5.91 Å². The number of likely N-dealkylation sites (tertiary alicyclic amines) is 1. The Kier molecular flexibility index (Phi) is 3.61. The molecule has 0 radical (unpaired) electrons. The lowest BCUT2D eigenvalue weighted by Gasteiger charge is -2.35. The van der Waals surface area contributed by atoms with Gasteiger partial charge in [0.2, 0.25) is 0 Å². The van der Waals surface area contributed by atoms with Crippen LogP contribution in [-0.4, -0.2) is 23.9 Å². The first kappa shape index (κ1) is 13.6. The molecule has 0 aliphatic carbocycles. The first-order valence-corrected chi connectivity index (χ1v) is 6.73. The summed E-state index contributed by atoms with van der Waals surface area (Å²) < 4.78 is 0. The van der Waals surface area contributed by atoms with Crippen LogP contribution in [-0.2, 0) is 0 Å². The molecule has 1 aromatic carbocycles. The van der Waals surface area contributed by atoms with Gasteiger partial charge in [-0.3, -0.25) is 4.79 Å². The van der Waals surface area contributed by atoms with Crippen LogP contribution in [0, 0.1) is 30.6 Å². The van der Waals surface area contributed by atoms with Crippen LogP contribution in [0.1, 0.15) is 41.3 Å². The van der Waals surface area contributed by atoms with Crippen LogP contribution in [0.15, 0.2) is 18.2 Å². The fourth-order valence-corrected chi connectivity index (χ4v) is 2.37. The summed E-state index contributed by atoms with van der Waals surface area (Å²) in [6, 6.07) is 8.20. The van der Waals surface area contributed by atoms with Crippen molar-refractivity contribution in [3.8, 4) is 6.07 Å². The Bertz CT molecular complexity index is 534. The summed E-state index contributed by atoms with van der Waals surface area (Å²) in [4.78, 5) is 14.3. The molecule has 0 atom stereocenters. The normalized spacial score (nSPS) is 17.9. The Labute approximate surface area is 114 Å². The second-order valence-electron chi connectivity index (χ2n) is 5.76. The molecular formula is C16H20N2O. The van der Waals surface area contributed by atoms with Crippen molar-refractivity contribution in [3.63, 3.8) is 0 Å². The third-order valence-corrected chi connectivity index (χ3v) is 4.18. The van der Waals surface area contributed by atoms with Crippen LogP contribution >= 0.6 is 0 Å². The van der Waals surface area contributed by atoms with Crippen LogP contribution in [0.3, 0.4) is 0 Å². The average molecular weight is 256 g/mol. The first-order chi connectivity index (χ1) is 8.95. The highest BCUT2D eigenvalue weighted by atomic mass is 16.2. The van der Waals surface area contributed by atoms with Gasteiger partial charge in [0.15, 0.2) is 0 Å². The zero-order valence-corrected chi connectivity index (χ0v) is 11.9. The van der Waals surface area contributed by atoms with Crippen molar-refractivity contribution in [2.45, 2.75) is 33.6 Å². The molecule has 1 aromatic rings. The molecule has 1 heterocycles. The SMILES string of the molecule is Cc1ccc(C(=O)N2CCC(C)(C#N)CC2)cc1C. The van der Waals surface area contributed by atoms with E-state index in [1.54, 1.807) is 0 Å². The standard InChI is InChI=1S/C16H20N2O/c1-12-4-5-14(10-13(12)2)15(19)18-8-6-16(3,11-17)7-9-18/h4-5,10H,6-9H2,1-3H3. The molecule has 1 fully saturated rings. The summed E-state index contributed by atoms with van der Waals surface area (Å²) in [6.07, 6.45) is 1.53. The number of amides is 1. The number of piperidine rings is 1. The maximum atomic E-state index is 12.4. The van der Waals surface area contributed by atoms with Crippen LogP contribution in [0.4, 0.5) is 0 Å². The number of carbonyl (C=O) groups is 1. The van der Waals surface area contributed by atoms with Gasteiger partial charge in [-0.1, -0.05) is 6.07 Å². The third kappa shape index (κ3) is 2.78. The molecule has 1 amide bonds. The van der Waals surface area contributed by atoms with Crippen molar-refractivity contribution < 1.29 is 4.79 Å². The van der Waals surface area contributed by atoms with Crippen molar-refractivity contribution in [2.24, 2.45) is 5.41 Å². The zero-order chi connectivity index (χ0) is 14.0. The molecule has 2 rings (SSSR count). The van der Waals surface area contributed by atoms with Crippen LogP contribution in [0.2, 0.25) is 0 Å². The van der Waals surface area contributed by atoms with E-state index in [1.807, 2.05) is 43.9 Å². The molecule has 1 aliphatic rings. The fourth-order valence-electron chi connectivity index (χ4n) is 2.37. The second-order valence-corrected chi connectivity index (χ2v) is 5.76. The van der Waals surface area contributed by atoms with Crippen molar-refractivity contribution in [3.05, 3.63) is 34.9 Å². The number of hydrogen-bond acceptors (Lipinski definition) is 2. The van der Waals surface area contributed by atoms with Gasteiger partial charge in [0.1, 0.15) is 0 Å². The summed E-state index contributed by atoms with van der Waals surface area (Å²) in [6.45, 7) is 7.40. The Hall–Kier alpha value is -1.82. The molecule has 0 bridgehead atoms. The highest BCUT2D eigenvalue weighted by Gasteiger charge is 2.32. The third-order valence-electron chi connectivity index (χ3n) is 4.18. The van der Waals surface area contributed by atoms with E-state index in [9.17, 15) is 4.79 Å². The molecule has 0 aromatic heterocycles. The smallest absolute Gasteiger partial charge is 0.253 e. The van der Waals surface area contributed by atoms with E-state index in [0.717, 1.165) is 24.0 Å². The molecule has 0 saturated carbocycles. The van der Waals surface area contributed by atoms with Crippen molar-refractivity contribution in [1.29, 1.82) is 5.26 Å². The van der Waals surface area contributed by atoms with Gasteiger partial charge in [-0.15, -0.1) is 0 Å². The molecule has 0 N–H and O–H groups in total. The van der Waals surface area contributed by atoms with Gasteiger partial charge in [-0.25, -0.2) is 0 Å². The van der Waals surface area contributed by atoms with Crippen LogP contribution in [0.25, 0.3) is 0 Å². The monoisotopic (exact) mass is 256 g/mol. The highest BCUT2D eigenvalue weighted by molar-refractivity contribution is 5.94. The summed E-state index contributed by atoms with van der Waals surface area (Å²) in [5, 5.41) is 9.11. The van der Waals surface area contributed by atoms with E-state index >= 15 is 0 Å². The summed E-state index contributed by atoms with van der Waals surface area (Å²) in [5.41, 5.74) is 2.83. The lowest BCUT2D eigenvalue weighted by molar-refractivity contribution is 0.0661. The van der Waals surface area contributed by atoms with E-state index < -0.39 is 0 Å². The number of nitrogens with zero attached hydrogens (tertiary/aromatic N) is 2. The summed E-state index contributed by atoms with van der Waals surface area (Å²) in [5.74, 6) is 0.0862. The molecule has 1 saturated heterocycles. The van der Waals surface area contributed by atoms with Gasteiger partial charge in [0, 0.05) is 18.7 Å². The minimum absolute atomic E-state index is 0.0862. The maximum absolute atomic E-state index is 12.4. The molecule has 19 heavy (non-hydrogen) atoms. The zero-order valence-electron chi connectivity index (χ0n) is 11.9. The number of hydrogen-bond donors (Lipinski definition) is 0. The Morgan fingerprint density at radius 3 is 2.42 bits per heavy atom. The van der Waals surface area contributed by atoms with E-state index in [4.69, 9.17) is 5.26 Å². The molecule has 100 valence electrons. The minimum atomic E-state index is -0.264. The fraction of sp³-hybridized carbons (Fsp3) is 0.500. The first-order valence-electron chi connectivity index (χ1n) is 6.73. The highest BCUT2D eigenvalue weighted by Crippen LogP contribution is 2.30. The second kappa shape index (κ2) is 5.05. The number of aryl methyl sites for hydroxylation is 2. The van der Waals surface area contributed by atoms with Crippen molar-refractivity contribution in [1.82, 2.24) is 4.90 Å². The summed E-state index contributed by atoms with van der Waals surface area (Å²) >= 11 is 0. The minimum Gasteiger partial charge on any atom is -0.339 e. The summed E-state index contributed by atoms with van der Waals surface area (Å²) in [7, 11) is 0. The quantitative estimate of drug-likeness (QED) is 0.775. The Balaban J connectivity index is 2.10. The van der Waals surface area contributed by atoms with E-state index in [2.05, 4.69) is 6.07 Å². The van der Waals surface area contributed by atoms with Gasteiger partial charge in [0.05, 0.1) is 11.5 Å². The van der Waals surface area contributed by atoms with Gasteiger partial charge in [0.25, 0.3) is 5.91 Å². The van der Waals surface area contributed by atoms with Crippen LogP contribution < -0.4 is 0 Å². The molecule has 0 unspecified atom stereocenters. The number of carbonyl (C=O) groups excluding carboxylic acids is 1. The lowest BCUT2D eigenvalue weighted by atomic mass is 9.82. The molecular weight excluding hydrogens is 236 g/mol. The molecule has 1 aliphatic heterocycles. The Morgan fingerprint density at radius 1 is 1.26 bits per heavy atom. The van der Waals surface area contributed by atoms with Crippen LogP contribution in [0.5, 0.6) is 0 Å². The topological polar surface area (TPSA) is 44.1 Å². The van der Waals surface area contributed by atoms with Gasteiger partial charge in [-0.05, 0) is 56.9 Å². The maximum Gasteiger partial charge on any atom is 0.253 e. The molecule has 3 heteroatoms. The largest absolute Gasteiger partial charge is 0.339 e. The molecule has 0 spiro atoms.